The van der Waals surface area contributed by atoms with Gasteiger partial charge in [0, 0.05) is 19.5 Å². The first-order valence-electron chi connectivity index (χ1n) is 8.41. The summed E-state index contributed by atoms with van der Waals surface area (Å²) in [5.74, 6) is 0.256. The summed E-state index contributed by atoms with van der Waals surface area (Å²) in [6.07, 6.45) is 3.59. The van der Waals surface area contributed by atoms with Crippen molar-refractivity contribution in [3.05, 3.63) is 30.1 Å². The minimum atomic E-state index is -0.513. The molecule has 1 aliphatic rings. The Bertz CT molecular complexity index is 558. The quantitative estimate of drug-likeness (QED) is 0.742. The van der Waals surface area contributed by atoms with Crippen LogP contribution in [-0.4, -0.2) is 43.0 Å². The fourth-order valence-corrected chi connectivity index (χ4v) is 2.53. The van der Waals surface area contributed by atoms with Gasteiger partial charge in [-0.05, 0) is 50.5 Å². The SMILES string of the molecule is C[C@H](NC(=O)C1CCC1)C(=O)N(C)CCCOc1ccc(F)cc1. The third-order valence-corrected chi connectivity index (χ3v) is 4.30. The normalized spacial score (nSPS) is 15.3. The predicted molar refractivity (Wildman–Crippen MR) is 89.1 cm³/mol. The van der Waals surface area contributed by atoms with E-state index in [1.54, 1.807) is 31.0 Å². The number of carbonyl (C=O) groups excluding carboxylic acids is 2. The largest absolute Gasteiger partial charge is 0.494 e. The van der Waals surface area contributed by atoms with E-state index in [9.17, 15) is 14.0 Å². The Kier molecular flexibility index (Phi) is 6.58. The van der Waals surface area contributed by atoms with Crippen molar-refractivity contribution >= 4 is 11.8 Å². The molecule has 0 bridgehead atoms. The molecule has 24 heavy (non-hydrogen) atoms. The highest BCUT2D eigenvalue weighted by molar-refractivity contribution is 5.88. The van der Waals surface area contributed by atoms with Crippen LogP contribution in [0.15, 0.2) is 24.3 Å². The van der Waals surface area contributed by atoms with Crippen molar-refractivity contribution in [3.63, 3.8) is 0 Å². The zero-order valence-electron chi connectivity index (χ0n) is 14.3. The molecule has 1 aromatic rings. The van der Waals surface area contributed by atoms with E-state index in [2.05, 4.69) is 5.32 Å². The van der Waals surface area contributed by atoms with Crippen LogP contribution in [0.1, 0.15) is 32.6 Å². The average molecular weight is 336 g/mol. The van der Waals surface area contributed by atoms with Crippen LogP contribution in [0.5, 0.6) is 5.75 Å². The van der Waals surface area contributed by atoms with Crippen molar-refractivity contribution in [2.45, 2.75) is 38.6 Å². The van der Waals surface area contributed by atoms with E-state index in [-0.39, 0.29) is 23.5 Å². The molecular weight excluding hydrogens is 311 g/mol. The molecule has 0 radical (unpaired) electrons. The van der Waals surface area contributed by atoms with Gasteiger partial charge in [0.1, 0.15) is 17.6 Å². The Morgan fingerprint density at radius 2 is 2.00 bits per heavy atom. The van der Waals surface area contributed by atoms with Gasteiger partial charge >= 0.3 is 0 Å². The van der Waals surface area contributed by atoms with Gasteiger partial charge in [-0.25, -0.2) is 4.39 Å². The minimum absolute atomic E-state index is 0.0184. The first-order chi connectivity index (χ1) is 11.5. The molecule has 1 N–H and O–H groups in total. The maximum absolute atomic E-state index is 12.8. The molecule has 132 valence electrons. The summed E-state index contributed by atoms with van der Waals surface area (Å²) >= 11 is 0. The Hall–Kier alpha value is -2.11. The third-order valence-electron chi connectivity index (χ3n) is 4.30. The van der Waals surface area contributed by atoms with E-state index in [0.717, 1.165) is 19.3 Å². The molecule has 1 fully saturated rings. The molecule has 1 aromatic carbocycles. The van der Waals surface area contributed by atoms with E-state index in [1.165, 1.54) is 12.1 Å². The summed E-state index contributed by atoms with van der Waals surface area (Å²) in [4.78, 5) is 25.7. The first-order valence-corrected chi connectivity index (χ1v) is 8.41. The summed E-state index contributed by atoms with van der Waals surface area (Å²) in [6.45, 7) is 2.68. The Morgan fingerprint density at radius 1 is 1.33 bits per heavy atom. The number of likely N-dealkylation sites (N-methyl/N-ethyl adjacent to an activating group) is 1. The summed E-state index contributed by atoms with van der Waals surface area (Å²) in [5.41, 5.74) is 0. The fraction of sp³-hybridized carbons (Fsp3) is 0.556. The number of hydrogen-bond donors (Lipinski definition) is 1. The number of hydrogen-bond acceptors (Lipinski definition) is 3. The van der Waals surface area contributed by atoms with Gasteiger partial charge in [0.15, 0.2) is 0 Å². The van der Waals surface area contributed by atoms with Crippen LogP contribution < -0.4 is 10.1 Å². The van der Waals surface area contributed by atoms with E-state index in [1.807, 2.05) is 0 Å². The molecule has 2 amide bonds. The van der Waals surface area contributed by atoms with Crippen LogP contribution in [0.3, 0.4) is 0 Å². The standard InChI is InChI=1S/C18H25FN2O3/c1-13(20-17(22)14-5-3-6-14)18(23)21(2)11-4-12-24-16-9-7-15(19)8-10-16/h7-10,13-14H,3-6,11-12H2,1-2H3,(H,20,22)/t13-/m0/s1. The van der Waals surface area contributed by atoms with Gasteiger partial charge < -0.3 is 15.0 Å². The predicted octanol–water partition coefficient (Wildman–Crippen LogP) is 2.36. The minimum Gasteiger partial charge on any atom is -0.494 e. The molecule has 0 heterocycles. The molecule has 6 heteroatoms. The lowest BCUT2D eigenvalue weighted by atomic mass is 9.84. The lowest BCUT2D eigenvalue weighted by molar-refractivity contribution is -0.137. The van der Waals surface area contributed by atoms with Gasteiger partial charge in [0.05, 0.1) is 6.61 Å². The lowest BCUT2D eigenvalue weighted by Crippen LogP contribution is -2.48. The Balaban J connectivity index is 1.65. The van der Waals surface area contributed by atoms with Crippen molar-refractivity contribution < 1.29 is 18.7 Å². The van der Waals surface area contributed by atoms with Crippen LogP contribution in [0.2, 0.25) is 0 Å². The van der Waals surface area contributed by atoms with E-state index >= 15 is 0 Å². The molecule has 0 aromatic heterocycles. The second-order valence-electron chi connectivity index (χ2n) is 6.27. The first kappa shape index (κ1) is 18.2. The summed E-state index contributed by atoms with van der Waals surface area (Å²) in [5, 5.41) is 2.79. The molecule has 0 saturated heterocycles. The molecule has 1 saturated carbocycles. The van der Waals surface area contributed by atoms with Crippen molar-refractivity contribution in [2.24, 2.45) is 5.92 Å². The fourth-order valence-electron chi connectivity index (χ4n) is 2.53. The van der Waals surface area contributed by atoms with Crippen LogP contribution in [0, 0.1) is 11.7 Å². The topological polar surface area (TPSA) is 58.6 Å². The molecule has 0 unspecified atom stereocenters. The second kappa shape index (κ2) is 8.66. The van der Waals surface area contributed by atoms with E-state index in [4.69, 9.17) is 4.74 Å². The molecular formula is C18H25FN2O3. The van der Waals surface area contributed by atoms with Crippen LogP contribution in [0.4, 0.5) is 4.39 Å². The highest BCUT2D eigenvalue weighted by atomic mass is 19.1. The van der Waals surface area contributed by atoms with Gasteiger partial charge in [-0.2, -0.15) is 0 Å². The molecule has 1 atom stereocenters. The number of nitrogens with zero attached hydrogens (tertiary/aromatic N) is 1. The zero-order valence-corrected chi connectivity index (χ0v) is 14.3. The smallest absolute Gasteiger partial charge is 0.244 e. The number of nitrogens with one attached hydrogen (secondary N) is 1. The lowest BCUT2D eigenvalue weighted by Gasteiger charge is -2.27. The second-order valence-corrected chi connectivity index (χ2v) is 6.27. The van der Waals surface area contributed by atoms with Crippen LogP contribution in [0.25, 0.3) is 0 Å². The van der Waals surface area contributed by atoms with E-state index in [0.29, 0.717) is 25.3 Å². The van der Waals surface area contributed by atoms with Crippen molar-refractivity contribution in [3.8, 4) is 5.75 Å². The van der Waals surface area contributed by atoms with Crippen molar-refractivity contribution in [1.82, 2.24) is 10.2 Å². The highest BCUT2D eigenvalue weighted by Gasteiger charge is 2.28. The average Bonchev–Trinajstić information content (AvgIpc) is 2.50. The molecule has 2 rings (SSSR count). The number of rotatable bonds is 8. The summed E-state index contributed by atoms with van der Waals surface area (Å²) < 4.78 is 18.3. The molecule has 0 aliphatic heterocycles. The summed E-state index contributed by atoms with van der Waals surface area (Å²) in [7, 11) is 1.71. The maximum atomic E-state index is 12.8. The van der Waals surface area contributed by atoms with Gasteiger partial charge in [0.25, 0.3) is 0 Å². The van der Waals surface area contributed by atoms with Gasteiger partial charge in [-0.15, -0.1) is 0 Å². The monoisotopic (exact) mass is 336 g/mol. The summed E-state index contributed by atoms with van der Waals surface area (Å²) in [6, 6.07) is 5.32. The van der Waals surface area contributed by atoms with Crippen LogP contribution >= 0.6 is 0 Å². The zero-order chi connectivity index (χ0) is 17.5. The van der Waals surface area contributed by atoms with Gasteiger partial charge in [-0.1, -0.05) is 6.42 Å². The molecule has 1 aliphatic carbocycles. The number of ether oxygens (including phenoxy) is 1. The maximum Gasteiger partial charge on any atom is 0.244 e. The Morgan fingerprint density at radius 3 is 2.58 bits per heavy atom. The number of carbonyl (C=O) groups is 2. The van der Waals surface area contributed by atoms with Crippen LogP contribution in [-0.2, 0) is 9.59 Å². The Labute approximate surface area is 142 Å². The number of benzene rings is 1. The van der Waals surface area contributed by atoms with E-state index < -0.39 is 6.04 Å². The highest BCUT2D eigenvalue weighted by Crippen LogP contribution is 2.26. The van der Waals surface area contributed by atoms with Gasteiger partial charge in [-0.3, -0.25) is 9.59 Å². The van der Waals surface area contributed by atoms with Gasteiger partial charge in [0.2, 0.25) is 11.8 Å². The molecule has 5 nitrogen and oxygen atoms in total. The number of halogens is 1. The van der Waals surface area contributed by atoms with Crippen molar-refractivity contribution in [2.75, 3.05) is 20.2 Å². The number of amides is 2. The third kappa shape index (κ3) is 5.22. The van der Waals surface area contributed by atoms with Crippen molar-refractivity contribution in [1.29, 1.82) is 0 Å². The molecule has 0 spiro atoms.